The summed E-state index contributed by atoms with van der Waals surface area (Å²) in [6.07, 6.45) is 0. The molecule has 0 unspecified atom stereocenters. The van der Waals surface area contributed by atoms with Crippen molar-refractivity contribution < 1.29 is 13.9 Å². The second-order valence-corrected chi connectivity index (χ2v) is 7.59. The minimum absolute atomic E-state index is 0.110. The van der Waals surface area contributed by atoms with E-state index in [-0.39, 0.29) is 17.4 Å². The van der Waals surface area contributed by atoms with Gasteiger partial charge in [0.1, 0.15) is 0 Å². The van der Waals surface area contributed by atoms with Crippen LogP contribution >= 0.6 is 11.8 Å². The number of amides is 1. The molecule has 3 aromatic rings. The predicted octanol–water partition coefficient (Wildman–Crippen LogP) is 3.18. The van der Waals surface area contributed by atoms with E-state index in [1.807, 2.05) is 32.0 Å². The average Bonchev–Trinajstić information content (AvgIpc) is 3.17. The first-order valence-electron chi connectivity index (χ1n) is 8.94. The third-order valence-corrected chi connectivity index (χ3v) is 5.47. The normalized spacial score (nSPS) is 10.8. The minimum atomic E-state index is -0.451. The average molecular weight is 415 g/mol. The van der Waals surface area contributed by atoms with E-state index in [1.54, 1.807) is 28.8 Å². The zero-order chi connectivity index (χ0) is 21.0. The summed E-state index contributed by atoms with van der Waals surface area (Å²) in [5, 5.41) is 12.3. The molecule has 0 fully saturated rings. The minimum Gasteiger partial charge on any atom is -0.494 e. The third kappa shape index (κ3) is 4.92. The SMILES string of the molecule is COc1ccc(CN(C)C(=O)CSc2nnnn2-c2ccc(C)c(C)c2)cc1F. The van der Waals surface area contributed by atoms with Crippen molar-refractivity contribution in [3.05, 3.63) is 58.9 Å². The maximum absolute atomic E-state index is 13.8. The molecule has 29 heavy (non-hydrogen) atoms. The lowest BCUT2D eigenvalue weighted by Gasteiger charge is -2.17. The molecule has 0 radical (unpaired) electrons. The number of thioether (sulfide) groups is 1. The lowest BCUT2D eigenvalue weighted by Crippen LogP contribution is -2.28. The van der Waals surface area contributed by atoms with E-state index >= 15 is 0 Å². The number of aromatic nitrogens is 4. The summed E-state index contributed by atoms with van der Waals surface area (Å²) in [5.74, 6) is -0.217. The Morgan fingerprint density at radius 3 is 2.69 bits per heavy atom. The van der Waals surface area contributed by atoms with E-state index < -0.39 is 5.82 Å². The van der Waals surface area contributed by atoms with Gasteiger partial charge in [-0.15, -0.1) is 5.10 Å². The van der Waals surface area contributed by atoms with Gasteiger partial charge in [-0.2, -0.15) is 4.68 Å². The molecule has 0 atom stereocenters. The fraction of sp³-hybridized carbons (Fsp3) is 0.300. The monoisotopic (exact) mass is 415 g/mol. The molecule has 2 aromatic carbocycles. The van der Waals surface area contributed by atoms with Crippen LogP contribution in [0.15, 0.2) is 41.6 Å². The molecular formula is C20H22FN5O2S. The number of carbonyl (C=O) groups is 1. The van der Waals surface area contributed by atoms with E-state index in [1.165, 1.54) is 30.5 Å². The Balaban J connectivity index is 1.63. The number of ether oxygens (including phenoxy) is 1. The highest BCUT2D eigenvalue weighted by molar-refractivity contribution is 7.99. The summed E-state index contributed by atoms with van der Waals surface area (Å²) < 4.78 is 20.4. The molecule has 1 amide bonds. The molecule has 0 saturated heterocycles. The summed E-state index contributed by atoms with van der Waals surface area (Å²) in [6.45, 7) is 4.36. The Labute approximate surface area is 172 Å². The first kappa shape index (κ1) is 20.8. The summed E-state index contributed by atoms with van der Waals surface area (Å²) >= 11 is 1.26. The Bertz CT molecular complexity index is 1020. The first-order valence-corrected chi connectivity index (χ1v) is 9.92. The van der Waals surface area contributed by atoms with Crippen molar-refractivity contribution in [1.82, 2.24) is 25.1 Å². The number of halogens is 1. The number of aryl methyl sites for hydroxylation is 2. The molecule has 0 spiro atoms. The maximum atomic E-state index is 13.8. The van der Waals surface area contributed by atoms with Crippen LogP contribution in [0.3, 0.4) is 0 Å². The van der Waals surface area contributed by atoms with E-state index in [9.17, 15) is 9.18 Å². The highest BCUT2D eigenvalue weighted by Gasteiger charge is 2.15. The zero-order valence-corrected chi connectivity index (χ0v) is 17.5. The molecule has 7 nitrogen and oxygen atoms in total. The van der Waals surface area contributed by atoms with Crippen LogP contribution in [0.25, 0.3) is 5.69 Å². The van der Waals surface area contributed by atoms with Gasteiger partial charge in [-0.25, -0.2) is 4.39 Å². The van der Waals surface area contributed by atoms with Gasteiger partial charge >= 0.3 is 0 Å². The fourth-order valence-corrected chi connectivity index (χ4v) is 3.53. The van der Waals surface area contributed by atoms with Gasteiger partial charge in [0.15, 0.2) is 11.6 Å². The molecule has 0 N–H and O–H groups in total. The van der Waals surface area contributed by atoms with Crippen LogP contribution in [0.5, 0.6) is 5.75 Å². The van der Waals surface area contributed by atoms with Crippen LogP contribution in [-0.2, 0) is 11.3 Å². The lowest BCUT2D eigenvalue weighted by molar-refractivity contribution is -0.127. The van der Waals surface area contributed by atoms with Crippen molar-refractivity contribution in [3.8, 4) is 11.4 Å². The fourth-order valence-electron chi connectivity index (χ4n) is 2.70. The number of rotatable bonds is 7. The van der Waals surface area contributed by atoms with Gasteiger partial charge < -0.3 is 9.64 Å². The summed E-state index contributed by atoms with van der Waals surface area (Å²) in [7, 11) is 3.09. The van der Waals surface area contributed by atoms with E-state index in [0.717, 1.165) is 11.3 Å². The van der Waals surface area contributed by atoms with Gasteiger partial charge in [0.25, 0.3) is 0 Å². The molecule has 0 aliphatic rings. The summed E-state index contributed by atoms with van der Waals surface area (Å²) in [6, 6.07) is 10.6. The van der Waals surface area contributed by atoms with Crippen LogP contribution in [0.4, 0.5) is 4.39 Å². The highest BCUT2D eigenvalue weighted by atomic mass is 32.2. The van der Waals surface area contributed by atoms with Gasteiger partial charge in [0.05, 0.1) is 18.6 Å². The zero-order valence-electron chi connectivity index (χ0n) is 16.7. The molecule has 0 aliphatic heterocycles. The van der Waals surface area contributed by atoms with Crippen molar-refractivity contribution in [1.29, 1.82) is 0 Å². The number of tetrazole rings is 1. The smallest absolute Gasteiger partial charge is 0.233 e. The van der Waals surface area contributed by atoms with E-state index in [2.05, 4.69) is 15.5 Å². The topological polar surface area (TPSA) is 73.1 Å². The number of benzene rings is 2. The second-order valence-electron chi connectivity index (χ2n) is 6.65. The van der Waals surface area contributed by atoms with Crippen LogP contribution in [0.2, 0.25) is 0 Å². The van der Waals surface area contributed by atoms with Gasteiger partial charge in [-0.3, -0.25) is 4.79 Å². The molecule has 1 heterocycles. The first-order chi connectivity index (χ1) is 13.9. The van der Waals surface area contributed by atoms with Crippen molar-refractivity contribution in [2.45, 2.75) is 25.5 Å². The standard InChI is InChI=1S/C20H22FN5O2S/c1-13-5-7-16(9-14(13)2)26-20(22-23-24-26)29-12-19(27)25(3)11-15-6-8-18(28-4)17(21)10-15/h5-10H,11-12H2,1-4H3. The number of nitrogens with zero attached hydrogens (tertiary/aromatic N) is 5. The highest BCUT2D eigenvalue weighted by Crippen LogP contribution is 2.21. The number of hydrogen-bond donors (Lipinski definition) is 0. The van der Waals surface area contributed by atoms with Crippen molar-refractivity contribution in [3.63, 3.8) is 0 Å². The molecule has 1 aromatic heterocycles. The van der Waals surface area contributed by atoms with E-state index in [0.29, 0.717) is 17.3 Å². The van der Waals surface area contributed by atoms with Crippen molar-refractivity contribution >= 4 is 17.7 Å². The molecule has 0 saturated carbocycles. The Hall–Kier alpha value is -2.94. The van der Waals surface area contributed by atoms with Crippen LogP contribution < -0.4 is 4.74 Å². The third-order valence-electron chi connectivity index (χ3n) is 4.56. The van der Waals surface area contributed by atoms with Gasteiger partial charge in [-0.1, -0.05) is 23.9 Å². The molecule has 0 aliphatic carbocycles. The van der Waals surface area contributed by atoms with Gasteiger partial charge in [-0.05, 0) is 65.2 Å². The van der Waals surface area contributed by atoms with Crippen molar-refractivity contribution in [2.24, 2.45) is 0 Å². The molecule has 152 valence electrons. The van der Waals surface area contributed by atoms with E-state index in [4.69, 9.17) is 4.74 Å². The predicted molar refractivity (Wildman–Crippen MR) is 109 cm³/mol. The summed E-state index contributed by atoms with van der Waals surface area (Å²) in [4.78, 5) is 14.0. The van der Waals surface area contributed by atoms with Crippen molar-refractivity contribution in [2.75, 3.05) is 19.9 Å². The van der Waals surface area contributed by atoms with Crippen LogP contribution in [0, 0.1) is 19.7 Å². The summed E-state index contributed by atoms with van der Waals surface area (Å²) in [5.41, 5.74) is 3.85. The molecule has 9 heteroatoms. The Morgan fingerprint density at radius 2 is 2.00 bits per heavy atom. The number of hydrogen-bond acceptors (Lipinski definition) is 6. The van der Waals surface area contributed by atoms with Gasteiger partial charge in [0.2, 0.25) is 11.1 Å². The molecular weight excluding hydrogens is 393 g/mol. The molecule has 0 bridgehead atoms. The Kier molecular flexibility index (Phi) is 6.48. The number of carbonyl (C=O) groups excluding carboxylic acids is 1. The lowest BCUT2D eigenvalue weighted by atomic mass is 10.1. The maximum Gasteiger partial charge on any atom is 0.233 e. The second kappa shape index (κ2) is 9.04. The van der Waals surface area contributed by atoms with Crippen LogP contribution in [-0.4, -0.2) is 50.9 Å². The largest absolute Gasteiger partial charge is 0.494 e. The molecule has 3 rings (SSSR count). The Morgan fingerprint density at radius 1 is 1.21 bits per heavy atom. The number of methoxy groups -OCH3 is 1. The van der Waals surface area contributed by atoms with Crippen LogP contribution in [0.1, 0.15) is 16.7 Å². The quantitative estimate of drug-likeness (QED) is 0.552. The van der Waals surface area contributed by atoms with Gasteiger partial charge in [0, 0.05) is 13.6 Å².